The fourth-order valence-corrected chi connectivity index (χ4v) is 3.74. The lowest BCUT2D eigenvalue weighted by Gasteiger charge is -2.43. The highest BCUT2D eigenvalue weighted by Crippen LogP contribution is 2.50. The lowest BCUT2D eigenvalue weighted by atomic mass is 9.62. The first-order valence-electron chi connectivity index (χ1n) is 8.47. The zero-order valence-corrected chi connectivity index (χ0v) is 15.0. The maximum atomic E-state index is 11.3. The molecule has 0 spiro atoms. The normalized spacial score (nSPS) is 26.5. The van der Waals surface area contributed by atoms with E-state index < -0.39 is 0 Å². The predicted molar refractivity (Wildman–Crippen MR) is 97.2 cm³/mol. The molecule has 1 aromatic rings. The first-order chi connectivity index (χ1) is 11.4. The minimum Gasteiger partial charge on any atom is -0.497 e. The van der Waals surface area contributed by atoms with Gasteiger partial charge in [-0.2, -0.15) is 0 Å². The van der Waals surface area contributed by atoms with E-state index in [2.05, 4.69) is 32.2 Å². The van der Waals surface area contributed by atoms with E-state index in [1.807, 2.05) is 18.2 Å². The quantitative estimate of drug-likeness (QED) is 0.551. The second kappa shape index (κ2) is 7.69. The highest BCUT2D eigenvalue weighted by Gasteiger charge is 2.40. The van der Waals surface area contributed by atoms with Crippen molar-refractivity contribution in [3.8, 4) is 5.75 Å². The molecule has 3 nitrogen and oxygen atoms in total. The average Bonchev–Trinajstić information content (AvgIpc) is 2.59. The number of rotatable bonds is 6. The van der Waals surface area contributed by atoms with E-state index in [0.29, 0.717) is 18.4 Å². The van der Waals surface area contributed by atoms with Gasteiger partial charge in [-0.3, -0.25) is 4.79 Å². The molecule has 1 aromatic carbocycles. The standard InChI is InChI=1S/C21H28O3/c1-6-21(14-24-16(4)22)12-11-19(15(2)3)20(13-21)17-7-9-18(23-5)10-8-17/h6-10,19-20H,1-2,11-14H2,3-5H3/t19-,20-,21-/m0/s1. The maximum absolute atomic E-state index is 11.3. The Balaban J connectivity index is 2.29. The van der Waals surface area contributed by atoms with Gasteiger partial charge in [-0.1, -0.05) is 30.4 Å². The van der Waals surface area contributed by atoms with Crippen LogP contribution in [0.4, 0.5) is 0 Å². The summed E-state index contributed by atoms with van der Waals surface area (Å²) in [7, 11) is 1.67. The Morgan fingerprint density at radius 2 is 2.00 bits per heavy atom. The van der Waals surface area contributed by atoms with Gasteiger partial charge in [0.2, 0.25) is 0 Å². The summed E-state index contributed by atoms with van der Waals surface area (Å²) in [6, 6.07) is 8.26. The summed E-state index contributed by atoms with van der Waals surface area (Å²) in [5, 5.41) is 0. The van der Waals surface area contributed by atoms with E-state index in [0.717, 1.165) is 25.0 Å². The van der Waals surface area contributed by atoms with Crippen molar-refractivity contribution in [1.82, 2.24) is 0 Å². The van der Waals surface area contributed by atoms with Gasteiger partial charge in [0, 0.05) is 12.3 Å². The van der Waals surface area contributed by atoms with Crippen LogP contribution in [0.25, 0.3) is 0 Å². The Kier molecular flexibility index (Phi) is 5.87. The van der Waals surface area contributed by atoms with E-state index in [1.54, 1.807) is 7.11 Å². The second-order valence-corrected chi connectivity index (χ2v) is 6.92. The van der Waals surface area contributed by atoms with Crippen LogP contribution in [0.15, 0.2) is 49.1 Å². The number of carbonyl (C=O) groups is 1. The van der Waals surface area contributed by atoms with Gasteiger partial charge in [-0.25, -0.2) is 0 Å². The molecule has 0 unspecified atom stereocenters. The molecule has 2 rings (SSSR count). The fraction of sp³-hybridized carbons (Fsp3) is 0.476. The monoisotopic (exact) mass is 328 g/mol. The summed E-state index contributed by atoms with van der Waals surface area (Å²) >= 11 is 0. The van der Waals surface area contributed by atoms with Crippen LogP contribution in [-0.2, 0) is 9.53 Å². The van der Waals surface area contributed by atoms with Crippen LogP contribution < -0.4 is 4.74 Å². The van der Waals surface area contributed by atoms with Crippen LogP contribution >= 0.6 is 0 Å². The zero-order chi connectivity index (χ0) is 17.7. The Morgan fingerprint density at radius 3 is 2.50 bits per heavy atom. The molecule has 130 valence electrons. The molecule has 0 amide bonds. The van der Waals surface area contributed by atoms with Crippen molar-refractivity contribution in [3.63, 3.8) is 0 Å². The van der Waals surface area contributed by atoms with Crippen LogP contribution in [-0.4, -0.2) is 19.7 Å². The third-order valence-corrected chi connectivity index (χ3v) is 5.24. The van der Waals surface area contributed by atoms with Crippen molar-refractivity contribution in [1.29, 1.82) is 0 Å². The molecule has 1 fully saturated rings. The van der Waals surface area contributed by atoms with Crippen LogP contribution in [0.3, 0.4) is 0 Å². The van der Waals surface area contributed by atoms with Crippen molar-refractivity contribution in [2.75, 3.05) is 13.7 Å². The van der Waals surface area contributed by atoms with Crippen molar-refractivity contribution < 1.29 is 14.3 Å². The van der Waals surface area contributed by atoms with Gasteiger partial charge >= 0.3 is 5.97 Å². The third kappa shape index (κ3) is 4.08. The molecule has 1 aliphatic carbocycles. The number of allylic oxidation sites excluding steroid dienone is 1. The lowest BCUT2D eigenvalue weighted by Crippen LogP contribution is -2.35. The second-order valence-electron chi connectivity index (χ2n) is 6.92. The van der Waals surface area contributed by atoms with Crippen LogP contribution in [0.5, 0.6) is 5.75 Å². The molecular formula is C21H28O3. The van der Waals surface area contributed by atoms with E-state index in [1.165, 1.54) is 18.1 Å². The summed E-state index contributed by atoms with van der Waals surface area (Å²) in [5.74, 6) is 1.40. The molecule has 0 saturated heterocycles. The number of hydrogen-bond acceptors (Lipinski definition) is 3. The van der Waals surface area contributed by atoms with E-state index in [4.69, 9.17) is 9.47 Å². The Bertz CT molecular complexity index is 602. The number of ether oxygens (including phenoxy) is 2. The van der Waals surface area contributed by atoms with Crippen molar-refractivity contribution >= 4 is 5.97 Å². The number of methoxy groups -OCH3 is 1. The summed E-state index contributed by atoms with van der Waals surface area (Å²) in [4.78, 5) is 11.3. The molecule has 0 aliphatic heterocycles. The molecule has 0 N–H and O–H groups in total. The van der Waals surface area contributed by atoms with E-state index in [-0.39, 0.29) is 11.4 Å². The number of esters is 1. The van der Waals surface area contributed by atoms with E-state index >= 15 is 0 Å². The summed E-state index contributed by atoms with van der Waals surface area (Å²) in [6.07, 6.45) is 4.88. The molecule has 0 bridgehead atoms. The molecular weight excluding hydrogens is 300 g/mol. The minimum atomic E-state index is -0.237. The average molecular weight is 328 g/mol. The maximum Gasteiger partial charge on any atom is 0.302 e. The summed E-state index contributed by atoms with van der Waals surface area (Å²) in [6.45, 7) is 12.2. The number of hydrogen-bond donors (Lipinski definition) is 0. The highest BCUT2D eigenvalue weighted by molar-refractivity contribution is 5.66. The van der Waals surface area contributed by atoms with Crippen LogP contribution in [0.1, 0.15) is 44.6 Å². The minimum absolute atomic E-state index is 0.164. The van der Waals surface area contributed by atoms with Crippen molar-refractivity contribution in [3.05, 3.63) is 54.6 Å². The Labute approximate surface area is 145 Å². The molecule has 1 saturated carbocycles. The summed E-state index contributed by atoms with van der Waals surface area (Å²) in [5.41, 5.74) is 2.32. The topological polar surface area (TPSA) is 35.5 Å². The van der Waals surface area contributed by atoms with Gasteiger partial charge in [0.15, 0.2) is 0 Å². The van der Waals surface area contributed by atoms with Gasteiger partial charge in [0.25, 0.3) is 0 Å². The molecule has 1 aliphatic rings. The molecule has 0 aromatic heterocycles. The van der Waals surface area contributed by atoms with Gasteiger partial charge in [-0.15, -0.1) is 6.58 Å². The van der Waals surface area contributed by atoms with Crippen molar-refractivity contribution in [2.24, 2.45) is 11.3 Å². The first-order valence-corrected chi connectivity index (χ1v) is 8.47. The molecule has 0 radical (unpaired) electrons. The number of benzene rings is 1. The number of carbonyl (C=O) groups excluding carboxylic acids is 1. The predicted octanol–water partition coefficient (Wildman–Crippen LogP) is 4.89. The Hall–Kier alpha value is -2.03. The van der Waals surface area contributed by atoms with Gasteiger partial charge in [-0.05, 0) is 55.7 Å². The smallest absolute Gasteiger partial charge is 0.302 e. The lowest BCUT2D eigenvalue weighted by molar-refractivity contribution is -0.144. The van der Waals surface area contributed by atoms with Crippen LogP contribution in [0, 0.1) is 11.3 Å². The Morgan fingerprint density at radius 1 is 1.33 bits per heavy atom. The third-order valence-electron chi connectivity index (χ3n) is 5.24. The van der Waals surface area contributed by atoms with Crippen molar-refractivity contribution in [2.45, 2.75) is 39.0 Å². The molecule has 0 heterocycles. The molecule has 3 heteroatoms. The van der Waals surface area contributed by atoms with Gasteiger partial charge in [0.1, 0.15) is 12.4 Å². The van der Waals surface area contributed by atoms with Crippen LogP contribution in [0.2, 0.25) is 0 Å². The molecule has 24 heavy (non-hydrogen) atoms. The SMILES string of the molecule is C=C[C@]1(COC(C)=O)CC[C@@H](C(=C)C)[C@H](c2ccc(OC)cc2)C1. The molecule has 3 atom stereocenters. The van der Waals surface area contributed by atoms with E-state index in [9.17, 15) is 4.79 Å². The van der Waals surface area contributed by atoms with Gasteiger partial charge < -0.3 is 9.47 Å². The van der Waals surface area contributed by atoms with Gasteiger partial charge in [0.05, 0.1) is 7.11 Å². The zero-order valence-electron chi connectivity index (χ0n) is 15.0. The fourth-order valence-electron chi connectivity index (χ4n) is 3.74. The largest absolute Gasteiger partial charge is 0.497 e. The first kappa shape index (κ1) is 18.3. The highest BCUT2D eigenvalue weighted by atomic mass is 16.5. The summed E-state index contributed by atoms with van der Waals surface area (Å²) < 4.78 is 10.6.